The predicted molar refractivity (Wildman–Crippen MR) is 253 cm³/mol. The van der Waals surface area contributed by atoms with Crippen molar-refractivity contribution in [3.8, 4) is 23.3 Å². The Labute approximate surface area is 390 Å². The highest BCUT2D eigenvalue weighted by molar-refractivity contribution is 6.31. The average molecular weight is 904 g/mol. The first-order chi connectivity index (χ1) is 30.8. The maximum atomic E-state index is 13.7. The van der Waals surface area contributed by atoms with Gasteiger partial charge in [-0.25, -0.2) is 0 Å². The Bertz CT molecular complexity index is 2340. The molecule has 0 radical (unpaired) electrons. The number of rotatable bonds is 11. The van der Waals surface area contributed by atoms with Crippen LogP contribution in [0.1, 0.15) is 109 Å². The highest BCUT2D eigenvalue weighted by Crippen LogP contribution is 2.56. The summed E-state index contributed by atoms with van der Waals surface area (Å²) in [5, 5.41) is 31.1. The number of carbonyl (C=O) groups is 2. The number of piperidine rings is 2. The first-order valence-corrected chi connectivity index (χ1v) is 24.2. The van der Waals surface area contributed by atoms with E-state index < -0.39 is 5.60 Å². The number of hydrogen-bond acceptors (Lipinski definition) is 9. The molecule has 4 aliphatic heterocycles. The van der Waals surface area contributed by atoms with Crippen LogP contribution in [0.15, 0.2) is 66.9 Å². The van der Waals surface area contributed by atoms with Gasteiger partial charge in [0.1, 0.15) is 29.4 Å². The summed E-state index contributed by atoms with van der Waals surface area (Å²) in [6.07, 6.45) is 10.9. The smallest absolute Gasteiger partial charge is 0.244 e. The third-order valence-corrected chi connectivity index (χ3v) is 16.5. The Morgan fingerprint density at radius 1 is 0.969 bits per heavy atom. The number of likely N-dealkylation sites (tertiary alicyclic amines) is 1. The van der Waals surface area contributed by atoms with Gasteiger partial charge in [0.05, 0.1) is 34.3 Å². The van der Waals surface area contributed by atoms with Crippen LogP contribution < -0.4 is 25.4 Å². The topological polar surface area (TPSA) is 139 Å². The van der Waals surface area contributed by atoms with Crippen molar-refractivity contribution >= 4 is 29.0 Å². The van der Waals surface area contributed by atoms with Crippen molar-refractivity contribution < 1.29 is 24.2 Å². The fourth-order valence-electron chi connectivity index (χ4n) is 12.8. The van der Waals surface area contributed by atoms with E-state index in [0.29, 0.717) is 40.4 Å². The number of nitriles is 1. The van der Waals surface area contributed by atoms with Crippen LogP contribution in [0, 0.1) is 45.3 Å². The maximum absolute atomic E-state index is 13.7. The maximum Gasteiger partial charge on any atom is 0.244 e. The lowest BCUT2D eigenvalue weighted by Crippen LogP contribution is -2.75. The fourth-order valence-corrected chi connectivity index (χ4v) is 13.0. The Balaban J connectivity index is 0.730. The second kappa shape index (κ2) is 17.3. The second-order valence-electron chi connectivity index (χ2n) is 21.9. The summed E-state index contributed by atoms with van der Waals surface area (Å²) in [6.45, 7) is 15.9. The van der Waals surface area contributed by atoms with Gasteiger partial charge < -0.3 is 35.4 Å². The van der Waals surface area contributed by atoms with Gasteiger partial charge in [-0.2, -0.15) is 5.26 Å². The van der Waals surface area contributed by atoms with Crippen LogP contribution in [-0.2, 0) is 21.6 Å². The molecule has 346 valence electrons. The number of ether oxygens (including phenoxy) is 2. The van der Waals surface area contributed by atoms with Crippen molar-refractivity contribution in [2.24, 2.45) is 34.0 Å². The molecule has 9 rings (SSSR count). The van der Waals surface area contributed by atoms with Crippen LogP contribution in [0.2, 0.25) is 5.02 Å². The summed E-state index contributed by atoms with van der Waals surface area (Å²) in [5.41, 5.74) is 3.38. The minimum atomic E-state index is -1.02. The van der Waals surface area contributed by atoms with Crippen LogP contribution >= 0.6 is 11.6 Å². The summed E-state index contributed by atoms with van der Waals surface area (Å²) < 4.78 is 13.0. The molecule has 2 saturated carbocycles. The molecular weight excluding hydrogens is 836 g/mol. The normalized spacial score (nSPS) is 28.3. The van der Waals surface area contributed by atoms with Crippen LogP contribution in [0.4, 0.5) is 0 Å². The number of hydrogen-bond donors (Lipinski definition) is 4. The Morgan fingerprint density at radius 3 is 2.32 bits per heavy atom. The van der Waals surface area contributed by atoms with Gasteiger partial charge in [0, 0.05) is 67.3 Å². The van der Waals surface area contributed by atoms with E-state index in [-0.39, 0.29) is 52.7 Å². The molecule has 6 aliphatic rings. The molecule has 1 spiro atoms. The molecular formula is C53H67ClN6O5. The number of benzene rings is 3. The van der Waals surface area contributed by atoms with E-state index in [4.69, 9.17) is 21.1 Å². The van der Waals surface area contributed by atoms with E-state index in [1.165, 1.54) is 31.2 Å². The van der Waals surface area contributed by atoms with E-state index in [1.807, 2.05) is 31.4 Å². The number of aliphatic hydroxyl groups is 1. The number of fused-ring (bicyclic) bond motifs is 1. The third-order valence-electron chi connectivity index (χ3n) is 16.2. The molecule has 4 heterocycles. The largest absolute Gasteiger partial charge is 0.489 e. The third kappa shape index (κ3) is 8.82. The molecule has 12 heteroatoms. The molecule has 2 amide bonds. The van der Waals surface area contributed by atoms with Gasteiger partial charge >= 0.3 is 0 Å². The zero-order valence-electron chi connectivity index (χ0n) is 39.2. The minimum Gasteiger partial charge on any atom is -0.489 e. The average Bonchev–Trinajstić information content (AvgIpc) is 3.77. The molecule has 65 heavy (non-hydrogen) atoms. The lowest BCUT2D eigenvalue weighted by Gasteiger charge is -2.63. The molecule has 11 nitrogen and oxygen atoms in total. The molecule has 0 bridgehead atoms. The van der Waals surface area contributed by atoms with Gasteiger partial charge in [-0.15, -0.1) is 0 Å². The lowest BCUT2D eigenvalue weighted by atomic mass is 9.49. The van der Waals surface area contributed by atoms with Crippen LogP contribution in [0.25, 0.3) is 5.57 Å². The number of nitrogens with zero attached hydrogens (tertiary/aromatic N) is 3. The molecule has 4 unspecified atom stereocenters. The van der Waals surface area contributed by atoms with Gasteiger partial charge in [-0.1, -0.05) is 57.5 Å². The van der Waals surface area contributed by atoms with Crippen molar-refractivity contribution in [1.82, 2.24) is 25.8 Å². The standard InChI is InChI=1S/C53H67ClN6O5/c1-50(2)48(51(3,4)49(50)65-38-15-10-34(29-55)42(54)26-38)58-46(61)35-11-17-44(57-30-35)60-22-19-53(20-23-60)27-33(28-53)24-32-8-13-37(14-9-32)64-43-16-12-36(52(5,6)63)25-40(43)41-31-59(7)47(62)45-39(41)18-21-56-45/h8-10,12-16,25-26,31,33,35,39,44-45,48-49,56-57,63H,11,17-24,27-28,30H2,1-7H3,(H,58,61). The summed E-state index contributed by atoms with van der Waals surface area (Å²) in [6, 6.07) is 21.4. The summed E-state index contributed by atoms with van der Waals surface area (Å²) in [7, 11) is 1.81. The van der Waals surface area contributed by atoms with E-state index in [9.17, 15) is 20.0 Å². The van der Waals surface area contributed by atoms with Crippen LogP contribution in [0.3, 0.4) is 0 Å². The Hall–Kier alpha value is -4.44. The number of amides is 2. The highest BCUT2D eigenvalue weighted by Gasteiger charge is 2.64. The summed E-state index contributed by atoms with van der Waals surface area (Å²) in [4.78, 5) is 30.9. The van der Waals surface area contributed by atoms with Crippen LogP contribution in [0.5, 0.6) is 17.2 Å². The molecule has 3 aromatic rings. The van der Waals surface area contributed by atoms with Gasteiger partial charge in [-0.05, 0) is 136 Å². The number of carbonyl (C=O) groups excluding carboxylic acids is 2. The molecule has 3 aromatic carbocycles. The molecule has 2 aliphatic carbocycles. The SMILES string of the molecule is CN1C=C(c2cc(C(C)(C)O)ccc2Oc2ccc(CC3CC4(CCN(C5CCC(C(=O)NC6C(C)(C)C(Oc7ccc(C#N)c(Cl)c7)C6(C)C)CN5)CC4)C3)cc2)C2CCNC2C1=O. The van der Waals surface area contributed by atoms with Crippen molar-refractivity contribution in [3.05, 3.63) is 94.1 Å². The van der Waals surface area contributed by atoms with Gasteiger partial charge in [-0.3, -0.25) is 14.5 Å². The molecule has 4 N–H and O–H groups in total. The van der Waals surface area contributed by atoms with Crippen molar-refractivity contribution in [2.45, 2.75) is 123 Å². The van der Waals surface area contributed by atoms with E-state index >= 15 is 0 Å². The molecule has 5 fully saturated rings. The highest BCUT2D eigenvalue weighted by atomic mass is 35.5. The Morgan fingerprint density at radius 2 is 1.68 bits per heavy atom. The summed E-state index contributed by atoms with van der Waals surface area (Å²) in [5.74, 6) is 3.01. The lowest BCUT2D eigenvalue weighted by molar-refractivity contribution is -0.175. The molecule has 3 saturated heterocycles. The monoisotopic (exact) mass is 902 g/mol. The van der Waals surface area contributed by atoms with Gasteiger partial charge in [0.15, 0.2) is 0 Å². The zero-order chi connectivity index (χ0) is 46.1. The number of halogens is 1. The molecule has 0 aromatic heterocycles. The van der Waals surface area contributed by atoms with Crippen molar-refractivity contribution in [1.29, 1.82) is 5.26 Å². The van der Waals surface area contributed by atoms with E-state index in [2.05, 4.69) is 78.9 Å². The second-order valence-corrected chi connectivity index (χ2v) is 22.3. The van der Waals surface area contributed by atoms with Crippen molar-refractivity contribution in [2.75, 3.05) is 33.2 Å². The van der Waals surface area contributed by atoms with Crippen LogP contribution in [-0.4, -0.2) is 84.3 Å². The first kappa shape index (κ1) is 45.7. The fraction of sp³-hybridized carbons (Fsp3) is 0.566. The summed E-state index contributed by atoms with van der Waals surface area (Å²) >= 11 is 6.29. The van der Waals surface area contributed by atoms with Crippen molar-refractivity contribution in [3.63, 3.8) is 0 Å². The minimum absolute atomic E-state index is 0.0405. The Kier molecular flexibility index (Phi) is 12.2. The van der Waals surface area contributed by atoms with Gasteiger partial charge in [0.25, 0.3) is 0 Å². The van der Waals surface area contributed by atoms with E-state index in [0.717, 1.165) is 73.5 Å². The number of nitrogens with one attached hydrogen (secondary N) is 3. The number of likely N-dealkylation sites (N-methyl/N-ethyl adjacent to an activating group) is 1. The quantitative estimate of drug-likeness (QED) is 0.150. The van der Waals surface area contributed by atoms with E-state index in [1.54, 1.807) is 36.9 Å². The molecule has 4 atom stereocenters. The zero-order valence-corrected chi connectivity index (χ0v) is 39.9. The predicted octanol–water partition coefficient (Wildman–Crippen LogP) is 8.38. The first-order valence-electron chi connectivity index (χ1n) is 23.9. The van der Waals surface area contributed by atoms with Gasteiger partial charge in [0.2, 0.25) is 11.8 Å².